The lowest BCUT2D eigenvalue weighted by Gasteiger charge is -2.05. The van der Waals surface area contributed by atoms with Crippen molar-refractivity contribution in [3.63, 3.8) is 0 Å². The molecule has 112 valence electrons. The molecule has 22 heavy (non-hydrogen) atoms. The van der Waals surface area contributed by atoms with E-state index in [0.29, 0.717) is 13.0 Å². The Kier molecular flexibility index (Phi) is 4.65. The smallest absolute Gasteiger partial charge is 0.225 e. The van der Waals surface area contributed by atoms with Crippen molar-refractivity contribution in [3.8, 4) is 10.6 Å². The molecule has 0 unspecified atom stereocenters. The predicted molar refractivity (Wildman–Crippen MR) is 92.2 cm³/mol. The fraction of sp³-hybridized carbons (Fsp3) is 0.176. The second-order valence-corrected chi connectivity index (χ2v) is 6.93. The number of nitrogens with zero attached hydrogens (tertiary/aromatic N) is 1. The van der Waals surface area contributed by atoms with Crippen molar-refractivity contribution < 1.29 is 4.79 Å². The summed E-state index contributed by atoms with van der Waals surface area (Å²) in [5, 5.41) is 5.00. The van der Waals surface area contributed by atoms with Crippen molar-refractivity contribution in [1.82, 2.24) is 10.3 Å². The highest BCUT2D eigenvalue weighted by Gasteiger charge is 2.13. The first-order chi connectivity index (χ1) is 10.7. The summed E-state index contributed by atoms with van der Waals surface area (Å²) in [7, 11) is 0. The Morgan fingerprint density at radius 2 is 2.00 bits per heavy atom. The number of hydrogen-bond donors (Lipinski definition) is 1. The Bertz CT molecular complexity index is 745. The number of thiophene rings is 1. The van der Waals surface area contributed by atoms with E-state index in [1.54, 1.807) is 16.8 Å². The van der Waals surface area contributed by atoms with E-state index in [1.807, 2.05) is 29.6 Å². The number of hydrogen-bond acceptors (Lipinski definition) is 4. The zero-order valence-electron chi connectivity index (χ0n) is 12.2. The molecule has 5 heteroatoms. The maximum Gasteiger partial charge on any atom is 0.225 e. The van der Waals surface area contributed by atoms with Gasteiger partial charge in [-0.15, -0.1) is 22.7 Å². The third-order valence-electron chi connectivity index (χ3n) is 3.33. The molecule has 1 aromatic carbocycles. The maximum atomic E-state index is 12.1. The molecular weight excluding hydrogens is 312 g/mol. The highest BCUT2D eigenvalue weighted by Crippen LogP contribution is 2.29. The molecular formula is C17H16N2OS2. The van der Waals surface area contributed by atoms with Gasteiger partial charge < -0.3 is 5.32 Å². The summed E-state index contributed by atoms with van der Waals surface area (Å²) in [6, 6.07) is 12.2. The highest BCUT2D eigenvalue weighted by atomic mass is 32.1. The maximum absolute atomic E-state index is 12.1. The van der Waals surface area contributed by atoms with Gasteiger partial charge in [-0.2, -0.15) is 0 Å². The molecule has 0 bridgehead atoms. The highest BCUT2D eigenvalue weighted by molar-refractivity contribution is 7.14. The number of carbonyl (C=O) groups excluding carboxylic acids is 1. The Labute approximate surface area is 137 Å². The van der Waals surface area contributed by atoms with Gasteiger partial charge in [0.15, 0.2) is 0 Å². The normalized spacial score (nSPS) is 10.6. The number of thiazole rings is 1. The number of aryl methyl sites for hydroxylation is 1. The molecule has 2 heterocycles. The molecule has 0 spiro atoms. The van der Waals surface area contributed by atoms with E-state index < -0.39 is 0 Å². The molecule has 3 nitrogen and oxygen atoms in total. The molecule has 0 saturated carbocycles. The van der Waals surface area contributed by atoms with Crippen LogP contribution in [0.3, 0.4) is 0 Å². The van der Waals surface area contributed by atoms with Gasteiger partial charge in [-0.1, -0.05) is 35.9 Å². The fourth-order valence-electron chi connectivity index (χ4n) is 2.13. The molecule has 3 aromatic rings. The van der Waals surface area contributed by atoms with Crippen LogP contribution in [-0.2, 0) is 17.8 Å². The molecule has 1 amide bonds. The summed E-state index contributed by atoms with van der Waals surface area (Å²) < 4.78 is 0. The second-order valence-electron chi connectivity index (χ2n) is 5.04. The summed E-state index contributed by atoms with van der Waals surface area (Å²) in [6.45, 7) is 2.62. The molecule has 1 N–H and O–H groups in total. The molecule has 3 rings (SSSR count). The van der Waals surface area contributed by atoms with Crippen LogP contribution >= 0.6 is 22.7 Å². The number of rotatable bonds is 5. The van der Waals surface area contributed by atoms with E-state index in [9.17, 15) is 4.79 Å². The van der Waals surface area contributed by atoms with Crippen LogP contribution in [0.1, 0.15) is 16.0 Å². The Hall–Kier alpha value is -1.98. The van der Waals surface area contributed by atoms with Crippen molar-refractivity contribution in [2.24, 2.45) is 0 Å². The third kappa shape index (κ3) is 3.61. The fourth-order valence-corrected chi connectivity index (χ4v) is 3.71. The molecule has 0 saturated heterocycles. The van der Waals surface area contributed by atoms with Gasteiger partial charge in [0.2, 0.25) is 5.91 Å². The lowest BCUT2D eigenvalue weighted by atomic mass is 10.1. The van der Waals surface area contributed by atoms with E-state index >= 15 is 0 Å². The summed E-state index contributed by atoms with van der Waals surface area (Å²) in [4.78, 5) is 18.7. The van der Waals surface area contributed by atoms with Crippen LogP contribution in [-0.4, -0.2) is 10.9 Å². The first-order valence-corrected chi connectivity index (χ1v) is 8.77. The van der Waals surface area contributed by atoms with Gasteiger partial charge in [-0.05, 0) is 23.9 Å². The number of carbonyl (C=O) groups is 1. The largest absolute Gasteiger partial charge is 0.352 e. The summed E-state index contributed by atoms with van der Waals surface area (Å²) in [6.07, 6.45) is 0.379. The van der Waals surface area contributed by atoms with Crippen LogP contribution in [0.2, 0.25) is 0 Å². The molecule has 0 aliphatic carbocycles. The van der Waals surface area contributed by atoms with Crippen molar-refractivity contribution in [1.29, 1.82) is 0 Å². The van der Waals surface area contributed by atoms with Crippen LogP contribution in [0.4, 0.5) is 0 Å². The van der Waals surface area contributed by atoms with Crippen molar-refractivity contribution >= 4 is 28.6 Å². The van der Waals surface area contributed by atoms with Gasteiger partial charge in [-0.25, -0.2) is 4.98 Å². The van der Waals surface area contributed by atoms with Gasteiger partial charge in [0, 0.05) is 11.4 Å². The van der Waals surface area contributed by atoms with Crippen LogP contribution < -0.4 is 5.32 Å². The number of aromatic nitrogens is 1. The van der Waals surface area contributed by atoms with Gasteiger partial charge in [0.05, 0.1) is 22.5 Å². The molecule has 2 aromatic heterocycles. The average Bonchev–Trinajstić information content (AvgIpc) is 3.17. The Morgan fingerprint density at radius 1 is 1.18 bits per heavy atom. The minimum absolute atomic E-state index is 0.0302. The molecule has 0 radical (unpaired) electrons. The van der Waals surface area contributed by atoms with Crippen molar-refractivity contribution in [3.05, 3.63) is 63.3 Å². The zero-order chi connectivity index (χ0) is 15.4. The lowest BCUT2D eigenvalue weighted by Crippen LogP contribution is -2.24. The monoisotopic (exact) mass is 328 g/mol. The second kappa shape index (κ2) is 6.85. The van der Waals surface area contributed by atoms with E-state index in [-0.39, 0.29) is 5.91 Å². The van der Waals surface area contributed by atoms with Crippen LogP contribution in [0, 0.1) is 6.92 Å². The first-order valence-electron chi connectivity index (χ1n) is 7.01. The quantitative estimate of drug-likeness (QED) is 0.768. The summed E-state index contributed by atoms with van der Waals surface area (Å²) >= 11 is 3.18. The molecule has 0 aliphatic heterocycles. The van der Waals surface area contributed by atoms with Crippen LogP contribution in [0.25, 0.3) is 10.6 Å². The van der Waals surface area contributed by atoms with Crippen LogP contribution in [0.15, 0.2) is 47.3 Å². The topological polar surface area (TPSA) is 42.0 Å². The predicted octanol–water partition coefficient (Wildman–Crippen LogP) is 4.04. The van der Waals surface area contributed by atoms with Gasteiger partial charge >= 0.3 is 0 Å². The molecule has 0 aliphatic rings. The van der Waals surface area contributed by atoms with E-state index in [4.69, 9.17) is 0 Å². The standard InChI is InChI=1S/C17H16N2OS2/c1-12-4-6-13(7-5-12)10-18-16(20)9-15-17(19-11-22-15)14-3-2-8-21-14/h2-8,11H,9-10H2,1H3,(H,18,20). The van der Waals surface area contributed by atoms with E-state index in [1.165, 1.54) is 16.9 Å². The van der Waals surface area contributed by atoms with E-state index in [2.05, 4.69) is 29.4 Å². The molecule has 0 atom stereocenters. The zero-order valence-corrected chi connectivity index (χ0v) is 13.8. The molecule has 0 fully saturated rings. The van der Waals surface area contributed by atoms with Gasteiger partial charge in [-0.3, -0.25) is 4.79 Å². The summed E-state index contributed by atoms with van der Waals surface area (Å²) in [5.41, 5.74) is 5.07. The van der Waals surface area contributed by atoms with Crippen molar-refractivity contribution in [2.45, 2.75) is 19.9 Å². The Morgan fingerprint density at radius 3 is 2.73 bits per heavy atom. The third-order valence-corrected chi connectivity index (χ3v) is 5.04. The SMILES string of the molecule is Cc1ccc(CNC(=O)Cc2scnc2-c2cccs2)cc1. The van der Waals surface area contributed by atoms with E-state index in [0.717, 1.165) is 21.0 Å². The number of amides is 1. The number of nitrogens with one attached hydrogen (secondary N) is 1. The number of benzene rings is 1. The first kappa shape index (κ1) is 14.9. The van der Waals surface area contributed by atoms with Crippen molar-refractivity contribution in [2.75, 3.05) is 0 Å². The van der Waals surface area contributed by atoms with Crippen LogP contribution in [0.5, 0.6) is 0 Å². The van der Waals surface area contributed by atoms with Gasteiger partial charge in [0.1, 0.15) is 0 Å². The minimum Gasteiger partial charge on any atom is -0.352 e. The summed E-state index contributed by atoms with van der Waals surface area (Å²) in [5.74, 6) is 0.0302. The van der Waals surface area contributed by atoms with Gasteiger partial charge in [0.25, 0.3) is 0 Å². The average molecular weight is 328 g/mol. The Balaban J connectivity index is 1.61. The lowest BCUT2D eigenvalue weighted by molar-refractivity contribution is -0.120. The minimum atomic E-state index is 0.0302.